The predicted octanol–water partition coefficient (Wildman–Crippen LogP) is 4.80. The lowest BCUT2D eigenvalue weighted by Gasteiger charge is -2.26. The van der Waals surface area contributed by atoms with Crippen molar-refractivity contribution in [2.24, 2.45) is 11.8 Å². The standard InChI is InChI=1S/C12H26S2/c1-10(2)8-6-5-7-9-12(13,14)11(3)4/h10-11,13-14H,5-9H2,1-4H3. The van der Waals surface area contributed by atoms with Crippen molar-refractivity contribution < 1.29 is 0 Å². The maximum atomic E-state index is 4.59. The Kier molecular flexibility index (Phi) is 7.41. The molecule has 0 aliphatic carbocycles. The van der Waals surface area contributed by atoms with Crippen molar-refractivity contribution in [3.8, 4) is 0 Å². The molecular formula is C12H26S2. The SMILES string of the molecule is CC(C)CCCCCC(S)(S)C(C)C. The second kappa shape index (κ2) is 7.05. The van der Waals surface area contributed by atoms with Crippen LogP contribution in [-0.4, -0.2) is 4.08 Å². The van der Waals surface area contributed by atoms with Crippen LogP contribution in [0.5, 0.6) is 0 Å². The molecule has 0 aliphatic heterocycles. The highest BCUT2D eigenvalue weighted by Gasteiger charge is 2.23. The van der Waals surface area contributed by atoms with Gasteiger partial charge in [-0.1, -0.05) is 53.4 Å². The number of thiol groups is 2. The van der Waals surface area contributed by atoms with Gasteiger partial charge >= 0.3 is 0 Å². The maximum Gasteiger partial charge on any atom is 0.0574 e. The average molecular weight is 234 g/mol. The number of unbranched alkanes of at least 4 members (excludes halogenated alkanes) is 2. The normalized spacial score (nSPS) is 12.9. The van der Waals surface area contributed by atoms with E-state index in [1.54, 1.807) is 0 Å². The first-order valence-corrected chi connectivity index (χ1v) is 6.70. The quantitative estimate of drug-likeness (QED) is 0.353. The summed E-state index contributed by atoms with van der Waals surface area (Å²) in [5, 5.41) is 0. The van der Waals surface area contributed by atoms with E-state index in [0.29, 0.717) is 5.92 Å². The molecule has 0 aromatic heterocycles. The van der Waals surface area contributed by atoms with Crippen molar-refractivity contribution in [1.29, 1.82) is 0 Å². The van der Waals surface area contributed by atoms with Crippen molar-refractivity contribution in [3.05, 3.63) is 0 Å². The highest BCUT2D eigenvalue weighted by Crippen LogP contribution is 2.34. The molecular weight excluding hydrogens is 208 g/mol. The van der Waals surface area contributed by atoms with E-state index in [1.807, 2.05) is 0 Å². The highest BCUT2D eigenvalue weighted by atomic mass is 32.2. The minimum Gasteiger partial charge on any atom is -0.162 e. The first-order chi connectivity index (χ1) is 6.36. The van der Waals surface area contributed by atoms with Crippen LogP contribution in [0.1, 0.15) is 59.8 Å². The van der Waals surface area contributed by atoms with Crippen LogP contribution in [0, 0.1) is 11.8 Å². The molecule has 0 amide bonds. The first kappa shape index (κ1) is 14.7. The van der Waals surface area contributed by atoms with Gasteiger partial charge in [0.05, 0.1) is 4.08 Å². The van der Waals surface area contributed by atoms with Crippen molar-refractivity contribution >= 4 is 25.3 Å². The fourth-order valence-corrected chi connectivity index (χ4v) is 1.72. The lowest BCUT2D eigenvalue weighted by atomic mass is 10.0. The van der Waals surface area contributed by atoms with Gasteiger partial charge < -0.3 is 0 Å². The first-order valence-electron chi connectivity index (χ1n) is 5.81. The molecule has 86 valence electrons. The third-order valence-electron chi connectivity index (χ3n) is 2.75. The Morgan fingerprint density at radius 2 is 1.50 bits per heavy atom. The second-order valence-electron chi connectivity index (χ2n) is 5.03. The predicted molar refractivity (Wildman–Crippen MR) is 73.5 cm³/mol. The number of hydrogen-bond donors (Lipinski definition) is 2. The molecule has 0 aliphatic rings. The monoisotopic (exact) mass is 234 g/mol. The number of rotatable bonds is 7. The van der Waals surface area contributed by atoms with E-state index in [4.69, 9.17) is 0 Å². The molecule has 0 rings (SSSR count). The molecule has 0 unspecified atom stereocenters. The lowest BCUT2D eigenvalue weighted by molar-refractivity contribution is 0.481. The largest absolute Gasteiger partial charge is 0.162 e. The zero-order chi connectivity index (χ0) is 11.2. The molecule has 0 aromatic rings. The summed E-state index contributed by atoms with van der Waals surface area (Å²) in [7, 11) is 0. The average Bonchev–Trinajstić information content (AvgIpc) is 2.02. The van der Waals surface area contributed by atoms with Gasteiger partial charge in [0.25, 0.3) is 0 Å². The van der Waals surface area contributed by atoms with Gasteiger partial charge in [-0.3, -0.25) is 0 Å². The molecule has 0 radical (unpaired) electrons. The summed E-state index contributed by atoms with van der Waals surface area (Å²) in [5.41, 5.74) is 0. The minimum absolute atomic E-state index is 0.0716. The van der Waals surface area contributed by atoms with Crippen molar-refractivity contribution in [2.75, 3.05) is 0 Å². The minimum atomic E-state index is -0.0716. The van der Waals surface area contributed by atoms with Crippen LogP contribution in [0.25, 0.3) is 0 Å². The van der Waals surface area contributed by atoms with Gasteiger partial charge in [-0.25, -0.2) is 0 Å². The van der Waals surface area contributed by atoms with E-state index >= 15 is 0 Å². The molecule has 0 saturated carbocycles. The maximum absolute atomic E-state index is 4.59. The molecule has 0 saturated heterocycles. The molecule has 0 spiro atoms. The Bertz CT molecular complexity index is 139. The zero-order valence-corrected chi connectivity index (χ0v) is 11.9. The molecule has 0 aromatic carbocycles. The summed E-state index contributed by atoms with van der Waals surface area (Å²) < 4.78 is -0.0716. The molecule has 0 bridgehead atoms. The van der Waals surface area contributed by atoms with E-state index in [-0.39, 0.29) is 4.08 Å². The fraction of sp³-hybridized carbons (Fsp3) is 1.00. The van der Waals surface area contributed by atoms with E-state index in [0.717, 1.165) is 12.3 Å². The molecule has 0 nitrogen and oxygen atoms in total. The lowest BCUT2D eigenvalue weighted by Crippen LogP contribution is -2.20. The van der Waals surface area contributed by atoms with Gasteiger partial charge in [0.1, 0.15) is 0 Å². The summed E-state index contributed by atoms with van der Waals surface area (Å²) in [6.07, 6.45) is 6.42. The van der Waals surface area contributed by atoms with Gasteiger partial charge in [0, 0.05) is 0 Å². The van der Waals surface area contributed by atoms with E-state index in [1.165, 1.54) is 25.7 Å². The van der Waals surface area contributed by atoms with E-state index < -0.39 is 0 Å². The molecule has 0 atom stereocenters. The molecule has 0 fully saturated rings. The summed E-state index contributed by atoms with van der Waals surface area (Å²) in [5.74, 6) is 1.39. The van der Waals surface area contributed by atoms with Gasteiger partial charge in [-0.15, -0.1) is 0 Å². The smallest absolute Gasteiger partial charge is 0.0574 e. The van der Waals surface area contributed by atoms with Crippen LogP contribution in [-0.2, 0) is 0 Å². The number of hydrogen-bond acceptors (Lipinski definition) is 2. The van der Waals surface area contributed by atoms with Gasteiger partial charge in [0.2, 0.25) is 0 Å². The molecule has 2 heteroatoms. The zero-order valence-electron chi connectivity index (χ0n) is 10.1. The Hall–Kier alpha value is 0.700. The van der Waals surface area contributed by atoms with Crippen LogP contribution in [0.15, 0.2) is 0 Å². The van der Waals surface area contributed by atoms with Crippen LogP contribution < -0.4 is 0 Å². The Morgan fingerprint density at radius 3 is 1.93 bits per heavy atom. The summed E-state index contributed by atoms with van der Waals surface area (Å²) >= 11 is 9.18. The Morgan fingerprint density at radius 1 is 0.929 bits per heavy atom. The van der Waals surface area contributed by atoms with Crippen molar-refractivity contribution in [2.45, 2.75) is 63.9 Å². The molecule has 14 heavy (non-hydrogen) atoms. The van der Waals surface area contributed by atoms with E-state index in [2.05, 4.69) is 53.0 Å². The summed E-state index contributed by atoms with van der Waals surface area (Å²) in [4.78, 5) is 0. The molecule has 0 N–H and O–H groups in total. The Labute approximate surface area is 101 Å². The summed E-state index contributed by atoms with van der Waals surface area (Å²) in [6, 6.07) is 0. The van der Waals surface area contributed by atoms with Crippen molar-refractivity contribution in [3.63, 3.8) is 0 Å². The Balaban J connectivity index is 3.45. The third-order valence-corrected chi connectivity index (χ3v) is 4.23. The van der Waals surface area contributed by atoms with Crippen LogP contribution >= 0.6 is 25.3 Å². The van der Waals surface area contributed by atoms with Gasteiger partial charge in [-0.2, -0.15) is 25.3 Å². The third kappa shape index (κ3) is 7.05. The van der Waals surface area contributed by atoms with Gasteiger partial charge in [-0.05, 0) is 18.3 Å². The van der Waals surface area contributed by atoms with Crippen molar-refractivity contribution in [1.82, 2.24) is 0 Å². The van der Waals surface area contributed by atoms with E-state index in [9.17, 15) is 0 Å². The van der Waals surface area contributed by atoms with Gasteiger partial charge in [0.15, 0.2) is 0 Å². The molecule has 0 heterocycles. The van der Waals surface area contributed by atoms with Crippen LogP contribution in [0.4, 0.5) is 0 Å². The fourth-order valence-electron chi connectivity index (χ4n) is 1.40. The van der Waals surface area contributed by atoms with Crippen LogP contribution in [0.3, 0.4) is 0 Å². The second-order valence-corrected chi connectivity index (χ2v) is 6.98. The summed E-state index contributed by atoms with van der Waals surface area (Å²) in [6.45, 7) is 8.95. The van der Waals surface area contributed by atoms with Crippen LogP contribution in [0.2, 0.25) is 0 Å². The highest BCUT2D eigenvalue weighted by molar-refractivity contribution is 8.00. The topological polar surface area (TPSA) is 0 Å².